The summed E-state index contributed by atoms with van der Waals surface area (Å²) in [7, 11) is 2.98. The van der Waals surface area contributed by atoms with Crippen LogP contribution in [-0.2, 0) is 16.1 Å². The Kier molecular flexibility index (Phi) is 7.49. The highest BCUT2D eigenvalue weighted by molar-refractivity contribution is 8.00. The van der Waals surface area contributed by atoms with Crippen LogP contribution in [0.1, 0.15) is 12.7 Å². The van der Waals surface area contributed by atoms with Crippen molar-refractivity contribution in [3.8, 4) is 28.3 Å². The van der Waals surface area contributed by atoms with Gasteiger partial charge >= 0.3 is 5.97 Å². The minimum absolute atomic E-state index is 0.169. The van der Waals surface area contributed by atoms with Crippen molar-refractivity contribution in [3.63, 3.8) is 0 Å². The van der Waals surface area contributed by atoms with Gasteiger partial charge in [0.2, 0.25) is 0 Å². The van der Waals surface area contributed by atoms with Crippen LogP contribution in [0.3, 0.4) is 0 Å². The van der Waals surface area contributed by atoms with Crippen LogP contribution in [0.25, 0.3) is 16.8 Å². The zero-order valence-electron chi connectivity index (χ0n) is 19.2. The van der Waals surface area contributed by atoms with E-state index < -0.39 is 5.25 Å². The number of carbonyl (C=O) groups is 1. The molecule has 0 aliphatic carbocycles. The van der Waals surface area contributed by atoms with Crippen molar-refractivity contribution in [1.29, 1.82) is 0 Å². The molecule has 0 saturated carbocycles. The Labute approximate surface area is 202 Å². The lowest BCUT2D eigenvalue weighted by atomic mass is 10.1. The fourth-order valence-electron chi connectivity index (χ4n) is 3.49. The summed E-state index contributed by atoms with van der Waals surface area (Å²) in [6, 6.07) is 25.5. The number of carbonyl (C=O) groups excluding carboxylic acids is 1. The van der Waals surface area contributed by atoms with Crippen molar-refractivity contribution < 1.29 is 19.0 Å². The molecule has 1 atom stereocenters. The molecule has 0 radical (unpaired) electrons. The number of esters is 1. The fourth-order valence-corrected chi connectivity index (χ4v) is 4.40. The van der Waals surface area contributed by atoms with Crippen molar-refractivity contribution >= 4 is 17.7 Å². The molecule has 0 fully saturated rings. The maximum Gasteiger partial charge on any atom is 0.318 e. The van der Waals surface area contributed by atoms with Gasteiger partial charge in [0.05, 0.1) is 19.9 Å². The van der Waals surface area contributed by atoms with E-state index in [4.69, 9.17) is 14.2 Å². The first-order valence-electron chi connectivity index (χ1n) is 10.7. The Morgan fingerprint density at radius 1 is 0.912 bits per heavy atom. The van der Waals surface area contributed by atoms with Crippen molar-refractivity contribution in [3.05, 3.63) is 84.7 Å². The van der Waals surface area contributed by atoms with E-state index in [9.17, 15) is 4.79 Å². The molecule has 7 nitrogen and oxygen atoms in total. The zero-order valence-corrected chi connectivity index (χ0v) is 20.0. The minimum Gasteiger partial charge on any atom is -0.495 e. The monoisotopic (exact) mass is 475 g/mol. The molecule has 0 aliphatic rings. The average Bonchev–Trinajstić information content (AvgIpc) is 3.29. The van der Waals surface area contributed by atoms with Crippen LogP contribution in [0.2, 0.25) is 0 Å². The number of rotatable bonds is 9. The molecular weight excluding hydrogens is 450 g/mol. The van der Waals surface area contributed by atoms with Gasteiger partial charge in [-0.1, -0.05) is 72.4 Å². The molecule has 0 amide bonds. The number of hydrogen-bond acceptors (Lipinski definition) is 7. The van der Waals surface area contributed by atoms with Gasteiger partial charge < -0.3 is 14.2 Å². The topological polar surface area (TPSA) is 75.5 Å². The van der Waals surface area contributed by atoms with Crippen LogP contribution in [0.15, 0.2) is 84.0 Å². The van der Waals surface area contributed by atoms with Gasteiger partial charge in [-0.05, 0) is 30.7 Å². The Balaban J connectivity index is 1.69. The van der Waals surface area contributed by atoms with Crippen LogP contribution in [0, 0.1) is 0 Å². The molecule has 0 spiro atoms. The number of thioether (sulfide) groups is 1. The lowest BCUT2D eigenvalue weighted by Crippen LogP contribution is -2.16. The van der Waals surface area contributed by atoms with E-state index in [0.29, 0.717) is 16.7 Å². The summed E-state index contributed by atoms with van der Waals surface area (Å²) in [4.78, 5) is 12.0. The van der Waals surface area contributed by atoms with Crippen molar-refractivity contribution in [2.24, 2.45) is 0 Å². The van der Waals surface area contributed by atoms with Gasteiger partial charge in [-0.25, -0.2) is 0 Å². The Morgan fingerprint density at radius 2 is 1.59 bits per heavy atom. The highest BCUT2D eigenvalue weighted by Crippen LogP contribution is 2.33. The van der Waals surface area contributed by atoms with Gasteiger partial charge in [0.25, 0.3) is 0 Å². The van der Waals surface area contributed by atoms with E-state index in [1.54, 1.807) is 14.0 Å². The fraction of sp³-hybridized carbons (Fsp3) is 0.192. The first-order chi connectivity index (χ1) is 16.6. The molecule has 8 heteroatoms. The standard InChI is InChI=1S/C26H25N3O4S/c1-18(25(30)32-3)34-26-28-27-24(29(26)21-14-8-10-16-23(21)31-2)17-33-22-15-9-7-13-20(22)19-11-5-4-6-12-19/h4-16,18H,17H2,1-3H3. The highest BCUT2D eigenvalue weighted by Gasteiger charge is 2.23. The number of hydrogen-bond donors (Lipinski definition) is 0. The third-order valence-electron chi connectivity index (χ3n) is 5.17. The van der Waals surface area contributed by atoms with Crippen molar-refractivity contribution in [2.75, 3.05) is 14.2 Å². The SMILES string of the molecule is COC(=O)C(C)Sc1nnc(COc2ccccc2-c2ccccc2)n1-c1ccccc1OC. The van der Waals surface area contributed by atoms with E-state index in [0.717, 1.165) is 22.6 Å². The quantitative estimate of drug-likeness (QED) is 0.244. The van der Waals surface area contributed by atoms with Crippen LogP contribution < -0.4 is 9.47 Å². The molecule has 1 heterocycles. The van der Waals surface area contributed by atoms with Gasteiger partial charge in [-0.15, -0.1) is 10.2 Å². The van der Waals surface area contributed by atoms with Crippen LogP contribution in [-0.4, -0.2) is 40.2 Å². The molecule has 4 rings (SSSR count). The summed E-state index contributed by atoms with van der Waals surface area (Å²) in [6.45, 7) is 1.94. The molecule has 4 aromatic rings. The number of nitrogens with zero attached hydrogens (tertiary/aromatic N) is 3. The second-order valence-electron chi connectivity index (χ2n) is 7.34. The molecule has 3 aromatic carbocycles. The lowest BCUT2D eigenvalue weighted by Gasteiger charge is -2.16. The van der Waals surface area contributed by atoms with E-state index in [2.05, 4.69) is 10.2 Å². The normalized spacial score (nSPS) is 11.6. The second-order valence-corrected chi connectivity index (χ2v) is 8.65. The van der Waals surface area contributed by atoms with Crippen molar-refractivity contribution in [2.45, 2.75) is 23.9 Å². The van der Waals surface area contributed by atoms with Gasteiger partial charge in [0, 0.05) is 5.56 Å². The van der Waals surface area contributed by atoms with Gasteiger partial charge in [0.1, 0.15) is 23.4 Å². The number of para-hydroxylation sites is 3. The van der Waals surface area contributed by atoms with Crippen molar-refractivity contribution in [1.82, 2.24) is 14.8 Å². The predicted octanol–water partition coefficient (Wildman–Crippen LogP) is 5.18. The van der Waals surface area contributed by atoms with E-state index in [-0.39, 0.29) is 12.6 Å². The van der Waals surface area contributed by atoms with Crippen LogP contribution in [0.4, 0.5) is 0 Å². The van der Waals surface area contributed by atoms with Crippen LogP contribution >= 0.6 is 11.8 Å². The smallest absolute Gasteiger partial charge is 0.318 e. The molecular formula is C26H25N3O4S. The lowest BCUT2D eigenvalue weighted by molar-refractivity contribution is -0.139. The summed E-state index contributed by atoms with van der Waals surface area (Å²) < 4.78 is 18.5. The largest absolute Gasteiger partial charge is 0.495 e. The molecule has 0 saturated heterocycles. The number of aromatic nitrogens is 3. The summed E-state index contributed by atoms with van der Waals surface area (Å²) in [5.41, 5.74) is 2.80. The summed E-state index contributed by atoms with van der Waals surface area (Å²) in [6.07, 6.45) is 0. The molecule has 0 aliphatic heterocycles. The molecule has 0 N–H and O–H groups in total. The number of methoxy groups -OCH3 is 2. The van der Waals surface area contributed by atoms with Crippen LogP contribution in [0.5, 0.6) is 11.5 Å². The molecule has 1 aromatic heterocycles. The van der Waals surface area contributed by atoms with Gasteiger partial charge in [-0.2, -0.15) is 0 Å². The third-order valence-corrected chi connectivity index (χ3v) is 6.19. The Bertz CT molecular complexity index is 1260. The zero-order chi connectivity index (χ0) is 23.9. The predicted molar refractivity (Wildman–Crippen MR) is 131 cm³/mol. The molecule has 174 valence electrons. The second kappa shape index (κ2) is 10.9. The molecule has 34 heavy (non-hydrogen) atoms. The maximum atomic E-state index is 12.0. The maximum absolute atomic E-state index is 12.0. The molecule has 1 unspecified atom stereocenters. The van der Waals surface area contributed by atoms with E-state index in [1.165, 1.54) is 18.9 Å². The van der Waals surface area contributed by atoms with E-state index in [1.807, 2.05) is 83.4 Å². The van der Waals surface area contributed by atoms with E-state index >= 15 is 0 Å². The summed E-state index contributed by atoms with van der Waals surface area (Å²) in [5, 5.41) is 8.81. The summed E-state index contributed by atoms with van der Waals surface area (Å²) in [5.74, 6) is 1.63. The Hall–Kier alpha value is -3.78. The minimum atomic E-state index is -0.463. The first-order valence-corrected chi connectivity index (χ1v) is 11.6. The molecule has 0 bridgehead atoms. The number of ether oxygens (including phenoxy) is 3. The van der Waals surface area contributed by atoms with Gasteiger partial charge in [0.15, 0.2) is 11.0 Å². The highest BCUT2D eigenvalue weighted by atomic mass is 32.2. The first kappa shape index (κ1) is 23.4. The van der Waals surface area contributed by atoms with Gasteiger partial charge in [-0.3, -0.25) is 9.36 Å². The number of benzene rings is 3. The average molecular weight is 476 g/mol. The summed E-state index contributed by atoms with van der Waals surface area (Å²) >= 11 is 1.26. The third kappa shape index (κ3) is 5.07. The Morgan fingerprint density at radius 3 is 2.32 bits per heavy atom.